The average molecular weight is 425 g/mol. The Morgan fingerprint density at radius 3 is 2.50 bits per heavy atom. The summed E-state index contributed by atoms with van der Waals surface area (Å²) in [5.74, 6) is -0.170. The second-order valence-electron chi connectivity index (χ2n) is 6.77. The van der Waals surface area contributed by atoms with Crippen LogP contribution in [0, 0.1) is 0 Å². The molecule has 1 aliphatic rings. The summed E-state index contributed by atoms with van der Waals surface area (Å²) >= 11 is 6.17. The molecule has 0 atom stereocenters. The third-order valence-electron chi connectivity index (χ3n) is 5.20. The van der Waals surface area contributed by atoms with Gasteiger partial charge in [0.05, 0.1) is 11.3 Å². The van der Waals surface area contributed by atoms with Crippen LogP contribution in [0.4, 0.5) is 0 Å². The lowest BCUT2D eigenvalue weighted by atomic mass is 10.0. The summed E-state index contributed by atoms with van der Waals surface area (Å²) in [7, 11) is -3.74. The number of aromatic nitrogens is 2. The van der Waals surface area contributed by atoms with Crippen LogP contribution >= 0.6 is 11.6 Å². The molecule has 1 aliphatic heterocycles. The molecule has 0 saturated carbocycles. The van der Waals surface area contributed by atoms with Crippen molar-refractivity contribution in [2.75, 3.05) is 26.2 Å². The number of benzene rings is 1. The Bertz CT molecular complexity index is 919. The van der Waals surface area contributed by atoms with Crippen molar-refractivity contribution < 1.29 is 13.2 Å². The molecule has 0 bridgehead atoms. The first-order chi connectivity index (χ1) is 13.4. The highest BCUT2D eigenvalue weighted by molar-refractivity contribution is 7.89. The van der Waals surface area contributed by atoms with E-state index in [0.29, 0.717) is 37.8 Å². The van der Waals surface area contributed by atoms with Crippen LogP contribution in [0.15, 0.2) is 41.8 Å². The maximum atomic E-state index is 12.9. The molecule has 28 heavy (non-hydrogen) atoms. The number of nitrogens with zero attached hydrogens (tertiary/aromatic N) is 4. The summed E-state index contributed by atoms with van der Waals surface area (Å²) in [6.07, 6.45) is 7.15. The number of carbonyl (C=O) groups is 1. The summed E-state index contributed by atoms with van der Waals surface area (Å²) in [6.45, 7) is 5.46. The van der Waals surface area contributed by atoms with E-state index in [2.05, 4.69) is 9.55 Å². The third-order valence-corrected chi connectivity index (χ3v) is 7.73. The van der Waals surface area contributed by atoms with Gasteiger partial charge in [-0.3, -0.25) is 4.79 Å². The maximum Gasteiger partial charge on any atom is 0.253 e. The van der Waals surface area contributed by atoms with E-state index in [-0.39, 0.29) is 15.8 Å². The second-order valence-corrected chi connectivity index (χ2v) is 9.08. The molecule has 2 heterocycles. The van der Waals surface area contributed by atoms with Crippen molar-refractivity contribution in [2.45, 2.75) is 37.6 Å². The van der Waals surface area contributed by atoms with Gasteiger partial charge in [0.2, 0.25) is 10.0 Å². The number of piperidine rings is 1. The van der Waals surface area contributed by atoms with Crippen LogP contribution in [-0.2, 0) is 10.0 Å². The van der Waals surface area contributed by atoms with Crippen LogP contribution in [0.5, 0.6) is 0 Å². The number of hydrogen-bond donors (Lipinski definition) is 0. The van der Waals surface area contributed by atoms with E-state index in [9.17, 15) is 13.2 Å². The van der Waals surface area contributed by atoms with E-state index < -0.39 is 10.0 Å². The molecule has 0 N–H and O–H groups in total. The predicted octanol–water partition coefficient (Wildman–Crippen LogP) is 3.04. The summed E-state index contributed by atoms with van der Waals surface area (Å²) in [5, 5.41) is 0.127. The Hall–Kier alpha value is -1.90. The minimum Gasteiger partial charge on any atom is -0.338 e. The lowest BCUT2D eigenvalue weighted by molar-refractivity contribution is 0.0694. The SMILES string of the molecule is CCN(CC)S(=O)(=O)c1cc(C(=O)N2CCC(n3ccnc3)CC2)ccc1Cl. The number of hydrogen-bond acceptors (Lipinski definition) is 4. The zero-order valence-electron chi connectivity index (χ0n) is 16.1. The van der Waals surface area contributed by atoms with Gasteiger partial charge in [0.1, 0.15) is 4.90 Å². The second kappa shape index (κ2) is 8.63. The number of likely N-dealkylation sites (tertiary alicyclic amines) is 1. The number of sulfonamides is 1. The highest BCUT2D eigenvalue weighted by atomic mass is 35.5. The number of imidazole rings is 1. The van der Waals surface area contributed by atoms with Crippen molar-refractivity contribution in [1.82, 2.24) is 18.8 Å². The van der Waals surface area contributed by atoms with Crippen molar-refractivity contribution in [3.8, 4) is 0 Å². The highest BCUT2D eigenvalue weighted by Gasteiger charge is 2.28. The fourth-order valence-electron chi connectivity index (χ4n) is 3.57. The quantitative estimate of drug-likeness (QED) is 0.714. The lowest BCUT2D eigenvalue weighted by Crippen LogP contribution is -2.39. The summed E-state index contributed by atoms with van der Waals surface area (Å²) in [5.41, 5.74) is 0.344. The number of rotatable bonds is 6. The zero-order valence-corrected chi connectivity index (χ0v) is 17.7. The maximum absolute atomic E-state index is 12.9. The van der Waals surface area contributed by atoms with Gasteiger partial charge in [0.15, 0.2) is 0 Å². The minimum absolute atomic E-state index is 0.0166. The summed E-state index contributed by atoms with van der Waals surface area (Å²) in [4.78, 5) is 18.8. The van der Waals surface area contributed by atoms with E-state index >= 15 is 0 Å². The fourth-order valence-corrected chi connectivity index (χ4v) is 5.53. The van der Waals surface area contributed by atoms with Crippen molar-refractivity contribution >= 4 is 27.5 Å². The minimum atomic E-state index is -3.74. The summed E-state index contributed by atoms with van der Waals surface area (Å²) < 4.78 is 29.1. The number of halogens is 1. The Balaban J connectivity index is 1.78. The van der Waals surface area contributed by atoms with Gasteiger partial charge in [-0.15, -0.1) is 0 Å². The third kappa shape index (κ3) is 4.09. The molecular formula is C19H25ClN4O3S. The van der Waals surface area contributed by atoms with Gasteiger partial charge >= 0.3 is 0 Å². The first-order valence-electron chi connectivity index (χ1n) is 9.44. The van der Waals surface area contributed by atoms with Gasteiger partial charge in [0, 0.05) is 50.2 Å². The van der Waals surface area contributed by atoms with Crippen LogP contribution in [0.2, 0.25) is 5.02 Å². The van der Waals surface area contributed by atoms with Gasteiger partial charge in [-0.25, -0.2) is 13.4 Å². The predicted molar refractivity (Wildman–Crippen MR) is 108 cm³/mol. The fraction of sp³-hybridized carbons (Fsp3) is 0.474. The van der Waals surface area contributed by atoms with Crippen molar-refractivity contribution in [3.05, 3.63) is 47.5 Å². The van der Waals surface area contributed by atoms with Gasteiger partial charge in [-0.2, -0.15) is 4.31 Å². The molecule has 1 fully saturated rings. The van der Waals surface area contributed by atoms with E-state index in [4.69, 9.17) is 11.6 Å². The van der Waals surface area contributed by atoms with Crippen molar-refractivity contribution in [2.24, 2.45) is 0 Å². The molecule has 0 radical (unpaired) electrons. The number of amides is 1. The van der Waals surface area contributed by atoms with Gasteiger partial charge < -0.3 is 9.47 Å². The molecule has 152 valence electrons. The Kier molecular flexibility index (Phi) is 6.42. The van der Waals surface area contributed by atoms with Crippen molar-refractivity contribution in [3.63, 3.8) is 0 Å². The van der Waals surface area contributed by atoms with Crippen LogP contribution in [0.25, 0.3) is 0 Å². The molecule has 7 nitrogen and oxygen atoms in total. The molecule has 1 saturated heterocycles. The van der Waals surface area contributed by atoms with Crippen molar-refractivity contribution in [1.29, 1.82) is 0 Å². The van der Waals surface area contributed by atoms with Gasteiger partial charge in [-0.05, 0) is 31.0 Å². The average Bonchev–Trinajstić information content (AvgIpc) is 3.23. The first kappa shape index (κ1) is 20.8. The van der Waals surface area contributed by atoms with Gasteiger partial charge in [-0.1, -0.05) is 25.4 Å². The molecule has 3 rings (SSSR count). The van der Waals surface area contributed by atoms with Crippen LogP contribution in [0.1, 0.15) is 43.1 Å². The van der Waals surface area contributed by atoms with E-state index in [0.717, 1.165) is 12.8 Å². The Morgan fingerprint density at radius 2 is 1.93 bits per heavy atom. The smallest absolute Gasteiger partial charge is 0.253 e. The molecule has 9 heteroatoms. The van der Waals surface area contributed by atoms with Crippen LogP contribution in [0.3, 0.4) is 0 Å². The number of carbonyl (C=O) groups excluding carboxylic acids is 1. The molecule has 1 aromatic carbocycles. The molecule has 0 unspecified atom stereocenters. The van der Waals surface area contributed by atoms with Crippen LogP contribution < -0.4 is 0 Å². The molecule has 0 spiro atoms. The molecule has 0 aliphatic carbocycles. The first-order valence-corrected chi connectivity index (χ1v) is 11.3. The summed E-state index contributed by atoms with van der Waals surface area (Å²) in [6, 6.07) is 4.81. The standard InChI is InChI=1S/C19H25ClN4O3S/c1-3-24(4-2)28(26,27)18-13-15(5-6-17(18)20)19(25)22-10-7-16(8-11-22)23-12-9-21-14-23/h5-6,9,12-14,16H,3-4,7-8,10-11H2,1-2H3. The molecule has 2 aromatic rings. The van der Waals surface area contributed by atoms with Crippen LogP contribution in [-0.4, -0.2) is 59.3 Å². The van der Waals surface area contributed by atoms with Gasteiger partial charge in [0.25, 0.3) is 5.91 Å². The van der Waals surface area contributed by atoms with E-state index in [1.807, 2.05) is 6.20 Å². The van der Waals surface area contributed by atoms with E-state index in [1.165, 1.54) is 16.4 Å². The Morgan fingerprint density at radius 1 is 1.25 bits per heavy atom. The van der Waals surface area contributed by atoms with E-state index in [1.54, 1.807) is 37.3 Å². The highest BCUT2D eigenvalue weighted by Crippen LogP contribution is 2.28. The molecule has 1 amide bonds. The topological polar surface area (TPSA) is 75.5 Å². The largest absolute Gasteiger partial charge is 0.338 e. The zero-order chi connectivity index (χ0) is 20.3. The normalized spacial score (nSPS) is 15.9. The monoisotopic (exact) mass is 424 g/mol. The lowest BCUT2D eigenvalue weighted by Gasteiger charge is -2.32. The molecular weight excluding hydrogens is 400 g/mol. The Labute approximate surface area is 171 Å². The molecule has 1 aromatic heterocycles.